The van der Waals surface area contributed by atoms with E-state index in [2.05, 4.69) is 15.3 Å². The molecule has 18 heavy (non-hydrogen) atoms. The van der Waals surface area contributed by atoms with Crippen LogP contribution in [0.25, 0.3) is 11.3 Å². The molecule has 1 fully saturated rings. The monoisotopic (exact) mass is 263 g/mol. The zero-order valence-electron chi connectivity index (χ0n) is 9.71. The quantitative estimate of drug-likeness (QED) is 0.870. The maximum atomic E-state index is 9.88. The second-order valence-electron chi connectivity index (χ2n) is 4.16. The lowest BCUT2D eigenvalue weighted by Gasteiger charge is -2.27. The molecule has 94 valence electrons. The summed E-state index contributed by atoms with van der Waals surface area (Å²) in [6.45, 7) is 1.86. The molecule has 2 N–H and O–H groups in total. The number of para-hydroxylation sites is 1. The van der Waals surface area contributed by atoms with Gasteiger partial charge in [0.15, 0.2) is 0 Å². The average molecular weight is 264 g/mol. The van der Waals surface area contributed by atoms with Gasteiger partial charge >= 0.3 is 0 Å². The molecule has 0 saturated carbocycles. The predicted molar refractivity (Wildman–Crippen MR) is 72.0 cm³/mol. The first-order valence-electron chi connectivity index (χ1n) is 5.66. The van der Waals surface area contributed by atoms with Gasteiger partial charge in [0.25, 0.3) is 0 Å². The molecule has 0 atom stereocenters. The van der Waals surface area contributed by atoms with Gasteiger partial charge in [0.1, 0.15) is 5.75 Å². The number of phenolic OH excluding ortho intramolecular Hbond substituents is 1. The van der Waals surface area contributed by atoms with Gasteiger partial charge < -0.3 is 10.4 Å². The van der Waals surface area contributed by atoms with Gasteiger partial charge in [-0.3, -0.25) is 9.97 Å². The van der Waals surface area contributed by atoms with Crippen molar-refractivity contribution in [3.05, 3.63) is 42.4 Å². The number of benzene rings is 1. The summed E-state index contributed by atoms with van der Waals surface area (Å²) in [6, 6.07) is 7.24. The normalized spacial score (nSPS) is 14.7. The van der Waals surface area contributed by atoms with Gasteiger partial charge in [0.2, 0.25) is 0 Å². The van der Waals surface area contributed by atoms with E-state index in [9.17, 15) is 5.11 Å². The molecule has 2 heterocycles. The average Bonchev–Trinajstić information content (AvgIpc) is 2.29. The maximum absolute atomic E-state index is 9.88. The number of phenols is 1. The summed E-state index contributed by atoms with van der Waals surface area (Å²) in [4.78, 5) is 8.77. The second-order valence-corrected chi connectivity index (χ2v) is 4.16. The third-order valence-electron chi connectivity index (χ3n) is 3.05. The smallest absolute Gasteiger partial charge is 0.125 e. The SMILES string of the molecule is Cl.Oc1ccccc1-c1nccnc1C1CNC1. The van der Waals surface area contributed by atoms with Crippen LogP contribution in [-0.4, -0.2) is 28.2 Å². The van der Waals surface area contributed by atoms with E-state index in [0.717, 1.165) is 30.0 Å². The molecule has 1 aliphatic heterocycles. The van der Waals surface area contributed by atoms with E-state index < -0.39 is 0 Å². The lowest BCUT2D eigenvalue weighted by molar-refractivity contribution is 0.439. The largest absolute Gasteiger partial charge is 0.507 e. The van der Waals surface area contributed by atoms with E-state index in [0.29, 0.717) is 5.92 Å². The van der Waals surface area contributed by atoms with Crippen molar-refractivity contribution in [1.29, 1.82) is 0 Å². The van der Waals surface area contributed by atoms with Crippen LogP contribution in [0.1, 0.15) is 11.6 Å². The van der Waals surface area contributed by atoms with Crippen LogP contribution in [0.15, 0.2) is 36.7 Å². The highest BCUT2D eigenvalue weighted by atomic mass is 35.5. The van der Waals surface area contributed by atoms with Gasteiger partial charge in [-0.25, -0.2) is 0 Å². The summed E-state index contributed by atoms with van der Waals surface area (Å²) in [5.41, 5.74) is 2.51. The van der Waals surface area contributed by atoms with Gasteiger partial charge in [-0.2, -0.15) is 0 Å². The Morgan fingerprint density at radius 2 is 1.83 bits per heavy atom. The minimum atomic E-state index is 0. The number of nitrogens with one attached hydrogen (secondary N) is 1. The van der Waals surface area contributed by atoms with Crippen LogP contribution in [0.3, 0.4) is 0 Å². The van der Waals surface area contributed by atoms with Gasteiger partial charge in [0, 0.05) is 37.0 Å². The van der Waals surface area contributed by atoms with Gasteiger partial charge in [0.05, 0.1) is 11.4 Å². The van der Waals surface area contributed by atoms with E-state index >= 15 is 0 Å². The van der Waals surface area contributed by atoms with Crippen LogP contribution in [-0.2, 0) is 0 Å². The number of hydrogen-bond donors (Lipinski definition) is 2. The second kappa shape index (κ2) is 5.33. The Balaban J connectivity index is 0.00000120. The number of aromatic hydroxyl groups is 1. The summed E-state index contributed by atoms with van der Waals surface area (Å²) in [7, 11) is 0. The molecule has 0 aliphatic carbocycles. The van der Waals surface area contributed by atoms with E-state index in [-0.39, 0.29) is 18.2 Å². The maximum Gasteiger partial charge on any atom is 0.125 e. The van der Waals surface area contributed by atoms with E-state index in [1.165, 1.54) is 0 Å². The van der Waals surface area contributed by atoms with Gasteiger partial charge in [-0.1, -0.05) is 12.1 Å². The third-order valence-corrected chi connectivity index (χ3v) is 3.05. The fourth-order valence-electron chi connectivity index (χ4n) is 2.01. The molecular weight excluding hydrogens is 250 g/mol. The number of rotatable bonds is 2. The lowest BCUT2D eigenvalue weighted by atomic mass is 9.94. The molecule has 1 aliphatic rings. The van der Waals surface area contributed by atoms with Crippen molar-refractivity contribution in [1.82, 2.24) is 15.3 Å². The molecule has 3 rings (SSSR count). The summed E-state index contributed by atoms with van der Waals surface area (Å²) in [5.74, 6) is 0.653. The molecule has 1 aromatic carbocycles. The molecule has 1 aromatic heterocycles. The third kappa shape index (κ3) is 2.17. The highest BCUT2D eigenvalue weighted by Crippen LogP contribution is 2.32. The molecule has 1 saturated heterocycles. The molecule has 0 bridgehead atoms. The van der Waals surface area contributed by atoms with E-state index in [1.807, 2.05) is 12.1 Å². The fourth-order valence-corrected chi connectivity index (χ4v) is 2.01. The highest BCUT2D eigenvalue weighted by molar-refractivity contribution is 5.85. The first-order chi connectivity index (χ1) is 8.36. The van der Waals surface area contributed by atoms with Crippen LogP contribution < -0.4 is 5.32 Å². The minimum Gasteiger partial charge on any atom is -0.507 e. The van der Waals surface area contributed by atoms with Crippen LogP contribution in [0.4, 0.5) is 0 Å². The van der Waals surface area contributed by atoms with Crippen LogP contribution in [0.5, 0.6) is 5.75 Å². The van der Waals surface area contributed by atoms with Crippen molar-refractivity contribution in [2.45, 2.75) is 5.92 Å². The van der Waals surface area contributed by atoms with E-state index in [1.54, 1.807) is 24.5 Å². The van der Waals surface area contributed by atoms with Crippen molar-refractivity contribution in [2.75, 3.05) is 13.1 Å². The minimum absolute atomic E-state index is 0. The van der Waals surface area contributed by atoms with Crippen molar-refractivity contribution in [3.63, 3.8) is 0 Å². The first-order valence-corrected chi connectivity index (χ1v) is 5.66. The van der Waals surface area contributed by atoms with Crippen molar-refractivity contribution in [2.24, 2.45) is 0 Å². The zero-order chi connectivity index (χ0) is 11.7. The molecular formula is C13H14ClN3O. The van der Waals surface area contributed by atoms with Crippen molar-refractivity contribution >= 4 is 12.4 Å². The van der Waals surface area contributed by atoms with E-state index in [4.69, 9.17) is 0 Å². The lowest BCUT2D eigenvalue weighted by Crippen LogP contribution is -2.40. The Morgan fingerprint density at radius 3 is 2.50 bits per heavy atom. The molecule has 2 aromatic rings. The first kappa shape index (κ1) is 12.8. The Morgan fingerprint density at radius 1 is 1.11 bits per heavy atom. The van der Waals surface area contributed by atoms with Crippen molar-refractivity contribution in [3.8, 4) is 17.0 Å². The Kier molecular flexibility index (Phi) is 3.79. The Labute approximate surface area is 112 Å². The number of aromatic nitrogens is 2. The standard InChI is InChI=1S/C13H13N3O.ClH/c17-11-4-2-1-3-10(11)13-12(9-7-14-8-9)15-5-6-16-13;/h1-6,9,14,17H,7-8H2;1H. The van der Waals surface area contributed by atoms with Crippen molar-refractivity contribution < 1.29 is 5.11 Å². The number of nitrogens with zero attached hydrogens (tertiary/aromatic N) is 2. The Bertz CT molecular complexity index is 543. The molecule has 4 nitrogen and oxygen atoms in total. The molecule has 0 unspecified atom stereocenters. The molecule has 0 spiro atoms. The van der Waals surface area contributed by atoms with Crippen LogP contribution in [0.2, 0.25) is 0 Å². The summed E-state index contributed by atoms with van der Waals surface area (Å²) < 4.78 is 0. The predicted octanol–water partition coefficient (Wildman–Crippen LogP) is 1.96. The summed E-state index contributed by atoms with van der Waals surface area (Å²) >= 11 is 0. The zero-order valence-corrected chi connectivity index (χ0v) is 10.5. The summed E-state index contributed by atoms with van der Waals surface area (Å²) in [6.07, 6.45) is 3.37. The number of hydrogen-bond acceptors (Lipinski definition) is 4. The fraction of sp³-hybridized carbons (Fsp3) is 0.231. The summed E-state index contributed by atoms with van der Waals surface area (Å²) in [5, 5.41) is 13.1. The van der Waals surface area contributed by atoms with Gasteiger partial charge in [-0.15, -0.1) is 12.4 Å². The highest BCUT2D eigenvalue weighted by Gasteiger charge is 2.24. The molecule has 5 heteroatoms. The molecule has 0 radical (unpaired) electrons. The van der Waals surface area contributed by atoms with Gasteiger partial charge in [-0.05, 0) is 12.1 Å². The van der Waals surface area contributed by atoms with Crippen LogP contribution in [0, 0.1) is 0 Å². The number of halogens is 1. The topological polar surface area (TPSA) is 58.0 Å². The molecule has 0 amide bonds. The Hall–Kier alpha value is -1.65. The van der Waals surface area contributed by atoms with Crippen LogP contribution >= 0.6 is 12.4 Å².